The number of carbonyl (C=O) groups excluding carboxylic acids is 1. The van der Waals surface area contributed by atoms with Gasteiger partial charge < -0.3 is 14.7 Å². The number of hydrogen-bond donors (Lipinski definition) is 1. The number of benzene rings is 1. The third kappa shape index (κ3) is 2.20. The van der Waals surface area contributed by atoms with Gasteiger partial charge in [0.15, 0.2) is 0 Å². The van der Waals surface area contributed by atoms with Crippen LogP contribution in [0.15, 0.2) is 30.4 Å². The molecule has 0 unspecified atom stereocenters. The van der Waals surface area contributed by atoms with E-state index in [1.807, 2.05) is 0 Å². The second kappa shape index (κ2) is 4.98. The van der Waals surface area contributed by atoms with Crippen LogP contribution in [0.5, 0.6) is 0 Å². The highest BCUT2D eigenvalue weighted by molar-refractivity contribution is 6.34. The van der Waals surface area contributed by atoms with E-state index in [1.165, 1.54) is 0 Å². The van der Waals surface area contributed by atoms with Gasteiger partial charge in [-0.2, -0.15) is 13.2 Å². The summed E-state index contributed by atoms with van der Waals surface area (Å²) in [5, 5.41) is 9.37. The number of carboxylic acid groups (broad SMARTS) is 1. The van der Waals surface area contributed by atoms with E-state index in [0.717, 1.165) is 23.1 Å². The van der Waals surface area contributed by atoms with Crippen LogP contribution in [0.1, 0.15) is 5.56 Å². The summed E-state index contributed by atoms with van der Waals surface area (Å²) >= 11 is 6.01. The lowest BCUT2D eigenvalue weighted by Crippen LogP contribution is -2.39. The molecule has 2 bridgehead atoms. The Labute approximate surface area is 144 Å². The quantitative estimate of drug-likeness (QED) is 0.809. The van der Waals surface area contributed by atoms with Gasteiger partial charge in [0.25, 0.3) is 0 Å². The Morgan fingerprint density at radius 1 is 1.40 bits per heavy atom. The van der Waals surface area contributed by atoms with Gasteiger partial charge in [0.1, 0.15) is 11.5 Å². The zero-order chi connectivity index (χ0) is 18.1. The molecule has 1 spiro atoms. The van der Waals surface area contributed by atoms with Crippen molar-refractivity contribution in [3.63, 3.8) is 0 Å². The lowest BCUT2D eigenvalue weighted by molar-refractivity contribution is -0.146. The van der Waals surface area contributed by atoms with Gasteiger partial charge in [0.2, 0.25) is 5.91 Å². The van der Waals surface area contributed by atoms with E-state index in [2.05, 4.69) is 0 Å². The fourth-order valence-electron chi connectivity index (χ4n) is 3.88. The summed E-state index contributed by atoms with van der Waals surface area (Å²) in [4.78, 5) is 25.4. The monoisotopic (exact) mass is 373 g/mol. The smallest absolute Gasteiger partial charge is 0.416 e. The van der Waals surface area contributed by atoms with Gasteiger partial charge in [0, 0.05) is 0 Å². The Hall–Kier alpha value is -2.06. The van der Waals surface area contributed by atoms with E-state index >= 15 is 0 Å². The Morgan fingerprint density at radius 3 is 2.76 bits per heavy atom. The Morgan fingerprint density at radius 2 is 2.12 bits per heavy atom. The summed E-state index contributed by atoms with van der Waals surface area (Å²) < 4.78 is 44.6. The van der Waals surface area contributed by atoms with Crippen molar-refractivity contribution in [2.45, 2.75) is 17.9 Å². The van der Waals surface area contributed by atoms with Crippen LogP contribution in [-0.4, -0.2) is 35.2 Å². The normalized spacial score (nSPS) is 33.2. The van der Waals surface area contributed by atoms with Crippen LogP contribution in [0.25, 0.3) is 0 Å². The average molecular weight is 374 g/mol. The van der Waals surface area contributed by atoms with Crippen LogP contribution in [0.2, 0.25) is 5.02 Å². The number of anilines is 1. The van der Waals surface area contributed by atoms with Gasteiger partial charge >= 0.3 is 12.1 Å². The largest absolute Gasteiger partial charge is 0.481 e. The maximum atomic E-state index is 13.0. The molecule has 0 radical (unpaired) electrons. The van der Waals surface area contributed by atoms with E-state index in [0.29, 0.717) is 0 Å². The van der Waals surface area contributed by atoms with Crippen LogP contribution < -0.4 is 4.90 Å². The molecule has 132 valence electrons. The van der Waals surface area contributed by atoms with E-state index in [4.69, 9.17) is 16.3 Å². The van der Waals surface area contributed by atoms with Gasteiger partial charge in [-0.25, -0.2) is 0 Å². The SMILES string of the molecule is O=C(O)[C@H]1[C@H]2C(=O)N(c3cc(C(F)(F)F)ccc3Cl)C[C@@]23C=C[C@H]1O3. The highest BCUT2D eigenvalue weighted by atomic mass is 35.5. The number of halogens is 4. The van der Waals surface area contributed by atoms with Gasteiger partial charge in [-0.05, 0) is 18.2 Å². The van der Waals surface area contributed by atoms with Gasteiger partial charge in [0.05, 0.1) is 34.8 Å². The van der Waals surface area contributed by atoms with Crippen molar-refractivity contribution >= 4 is 29.2 Å². The molecule has 4 rings (SSSR count). The van der Waals surface area contributed by atoms with E-state index < -0.39 is 47.2 Å². The standard InChI is InChI=1S/C16H11ClF3NO4/c17-8-2-1-7(16(18,19)20)5-9(8)21-6-15-4-3-10(25-15)11(14(23)24)12(15)13(21)22/h1-5,10-12H,6H2,(H,23,24)/t10-,11-,12+,15+/m1/s1. The van der Waals surface area contributed by atoms with Gasteiger partial charge in [-0.1, -0.05) is 23.8 Å². The molecular formula is C16H11ClF3NO4. The molecule has 9 heteroatoms. The molecule has 1 aromatic rings. The topological polar surface area (TPSA) is 66.8 Å². The van der Waals surface area contributed by atoms with Gasteiger partial charge in [-0.3, -0.25) is 9.59 Å². The maximum Gasteiger partial charge on any atom is 0.416 e. The van der Waals surface area contributed by atoms with Crippen molar-refractivity contribution in [2.75, 3.05) is 11.4 Å². The van der Waals surface area contributed by atoms with E-state index in [-0.39, 0.29) is 17.3 Å². The Kier molecular flexibility index (Phi) is 3.27. The molecule has 2 fully saturated rings. The molecule has 3 aliphatic heterocycles. The molecular weight excluding hydrogens is 363 g/mol. The first-order valence-corrected chi connectivity index (χ1v) is 7.80. The molecule has 2 saturated heterocycles. The highest BCUT2D eigenvalue weighted by Gasteiger charge is 2.67. The van der Waals surface area contributed by atoms with Crippen molar-refractivity contribution < 1.29 is 32.6 Å². The number of nitrogens with zero attached hydrogens (tertiary/aromatic N) is 1. The highest BCUT2D eigenvalue weighted by Crippen LogP contribution is 2.53. The van der Waals surface area contributed by atoms with Crippen LogP contribution in [-0.2, 0) is 20.5 Å². The number of carbonyl (C=O) groups is 2. The van der Waals surface area contributed by atoms with Gasteiger partial charge in [-0.15, -0.1) is 0 Å². The minimum Gasteiger partial charge on any atom is -0.481 e. The molecule has 0 saturated carbocycles. The fraction of sp³-hybridized carbons (Fsp3) is 0.375. The number of aliphatic carboxylic acids is 1. The zero-order valence-electron chi connectivity index (χ0n) is 12.5. The molecule has 3 aliphatic rings. The first kappa shape index (κ1) is 16.4. The third-order valence-electron chi connectivity index (χ3n) is 4.95. The number of fused-ring (bicyclic) bond motifs is 1. The number of alkyl halides is 3. The first-order chi connectivity index (χ1) is 11.6. The third-order valence-corrected chi connectivity index (χ3v) is 5.27. The number of amides is 1. The Balaban J connectivity index is 1.76. The number of carboxylic acids is 1. The molecule has 1 N–H and O–H groups in total. The van der Waals surface area contributed by atoms with Crippen molar-refractivity contribution in [1.82, 2.24) is 0 Å². The fourth-order valence-corrected chi connectivity index (χ4v) is 4.10. The van der Waals surface area contributed by atoms with Crippen LogP contribution >= 0.6 is 11.6 Å². The minimum atomic E-state index is -4.59. The second-order valence-electron chi connectivity index (χ2n) is 6.33. The number of ether oxygens (including phenoxy) is 1. The predicted molar refractivity (Wildman–Crippen MR) is 80.2 cm³/mol. The molecule has 3 heterocycles. The molecule has 1 amide bonds. The van der Waals surface area contributed by atoms with E-state index in [1.54, 1.807) is 12.2 Å². The van der Waals surface area contributed by atoms with Crippen molar-refractivity contribution in [2.24, 2.45) is 11.8 Å². The molecule has 0 aliphatic carbocycles. The van der Waals surface area contributed by atoms with Crippen molar-refractivity contribution in [3.05, 3.63) is 40.9 Å². The maximum absolute atomic E-state index is 13.0. The number of hydrogen-bond acceptors (Lipinski definition) is 3. The van der Waals surface area contributed by atoms with Crippen LogP contribution in [0.4, 0.5) is 18.9 Å². The molecule has 5 nitrogen and oxygen atoms in total. The van der Waals surface area contributed by atoms with E-state index in [9.17, 15) is 27.9 Å². The number of rotatable bonds is 2. The minimum absolute atomic E-state index is 0.0249. The molecule has 25 heavy (non-hydrogen) atoms. The van der Waals surface area contributed by atoms with Crippen LogP contribution in [0, 0.1) is 11.8 Å². The first-order valence-electron chi connectivity index (χ1n) is 7.42. The molecule has 1 aromatic carbocycles. The second-order valence-corrected chi connectivity index (χ2v) is 6.73. The zero-order valence-corrected chi connectivity index (χ0v) is 13.2. The summed E-state index contributed by atoms with van der Waals surface area (Å²) in [7, 11) is 0. The lowest BCUT2D eigenvalue weighted by atomic mass is 9.77. The molecule has 4 atom stereocenters. The van der Waals surface area contributed by atoms with Crippen molar-refractivity contribution in [1.29, 1.82) is 0 Å². The Bertz CT molecular complexity index is 824. The van der Waals surface area contributed by atoms with Crippen LogP contribution in [0.3, 0.4) is 0 Å². The summed E-state index contributed by atoms with van der Waals surface area (Å²) in [6.45, 7) is -0.0751. The summed E-state index contributed by atoms with van der Waals surface area (Å²) in [5.41, 5.74) is -2.18. The summed E-state index contributed by atoms with van der Waals surface area (Å²) in [6, 6.07) is 2.69. The van der Waals surface area contributed by atoms with Crippen molar-refractivity contribution in [3.8, 4) is 0 Å². The molecule has 0 aromatic heterocycles. The average Bonchev–Trinajstić information content (AvgIpc) is 3.15. The summed E-state index contributed by atoms with van der Waals surface area (Å²) in [6.07, 6.45) is -2.08. The predicted octanol–water partition coefficient (Wildman–Crippen LogP) is 2.73. The summed E-state index contributed by atoms with van der Waals surface area (Å²) in [5.74, 6) is -3.82. The lowest BCUT2D eigenvalue weighted by Gasteiger charge is -2.23.